The Morgan fingerprint density at radius 2 is 1.23 bits per heavy atom. The van der Waals surface area contributed by atoms with Gasteiger partial charge in [-0.05, 0) is 86.3 Å². The summed E-state index contributed by atoms with van der Waals surface area (Å²) >= 11 is 0. The van der Waals surface area contributed by atoms with Crippen molar-refractivity contribution in [2.75, 3.05) is 6.61 Å². The monoisotopic (exact) mass is 426 g/mol. The lowest BCUT2D eigenvalue weighted by molar-refractivity contribution is 0.140. The van der Waals surface area contributed by atoms with E-state index >= 15 is 0 Å². The average Bonchev–Trinajstić information content (AvgIpc) is 2.83. The Kier molecular flexibility index (Phi) is 11.3. The standard InChI is InChI=1S/C30H50O/c1-3-5-7-8-24-31-30-22-16-27(17-23-30)11-10-26-14-20-29(21-15-26)28-18-12-25(13-19-28)9-6-4-2/h16-17,22-23,25-26,28-29H,3-15,18-21,24H2,1-2H3/t25-,26-,28-,29-. The molecule has 3 rings (SSSR count). The first-order chi connectivity index (χ1) is 15.3. The van der Waals surface area contributed by atoms with Gasteiger partial charge in [-0.25, -0.2) is 0 Å². The van der Waals surface area contributed by atoms with E-state index in [1.807, 2.05) is 0 Å². The van der Waals surface area contributed by atoms with E-state index in [1.165, 1.54) is 115 Å². The second kappa shape index (κ2) is 14.2. The van der Waals surface area contributed by atoms with Crippen LogP contribution in [0.5, 0.6) is 5.75 Å². The molecule has 31 heavy (non-hydrogen) atoms. The van der Waals surface area contributed by atoms with Crippen LogP contribution in [0.15, 0.2) is 24.3 Å². The number of ether oxygens (including phenoxy) is 1. The third-order valence-electron chi connectivity index (χ3n) is 8.45. The molecule has 0 atom stereocenters. The Bertz CT molecular complexity index is 561. The maximum Gasteiger partial charge on any atom is 0.119 e. The van der Waals surface area contributed by atoms with E-state index in [2.05, 4.69) is 38.1 Å². The van der Waals surface area contributed by atoms with Crippen molar-refractivity contribution in [2.24, 2.45) is 23.7 Å². The van der Waals surface area contributed by atoms with Gasteiger partial charge in [0, 0.05) is 0 Å². The van der Waals surface area contributed by atoms with Gasteiger partial charge in [0.25, 0.3) is 0 Å². The topological polar surface area (TPSA) is 9.23 Å². The van der Waals surface area contributed by atoms with Gasteiger partial charge in [-0.2, -0.15) is 0 Å². The smallest absolute Gasteiger partial charge is 0.119 e. The van der Waals surface area contributed by atoms with Crippen LogP contribution in [0.3, 0.4) is 0 Å². The van der Waals surface area contributed by atoms with Crippen molar-refractivity contribution in [3.63, 3.8) is 0 Å². The van der Waals surface area contributed by atoms with E-state index in [9.17, 15) is 0 Å². The molecule has 0 bridgehead atoms. The van der Waals surface area contributed by atoms with Crippen molar-refractivity contribution in [1.82, 2.24) is 0 Å². The predicted molar refractivity (Wildman–Crippen MR) is 135 cm³/mol. The highest BCUT2D eigenvalue weighted by Crippen LogP contribution is 2.43. The van der Waals surface area contributed by atoms with Crippen LogP contribution in [0.2, 0.25) is 0 Å². The highest BCUT2D eigenvalue weighted by Gasteiger charge is 2.30. The number of unbranched alkanes of at least 4 members (excludes halogenated alkanes) is 4. The van der Waals surface area contributed by atoms with Gasteiger partial charge in [0.1, 0.15) is 5.75 Å². The van der Waals surface area contributed by atoms with Crippen molar-refractivity contribution in [3.05, 3.63) is 29.8 Å². The fourth-order valence-electron chi connectivity index (χ4n) is 6.23. The summed E-state index contributed by atoms with van der Waals surface area (Å²) in [5.41, 5.74) is 1.49. The fraction of sp³-hybridized carbons (Fsp3) is 0.800. The van der Waals surface area contributed by atoms with Crippen LogP contribution in [0.4, 0.5) is 0 Å². The minimum Gasteiger partial charge on any atom is -0.494 e. The maximum atomic E-state index is 5.90. The molecular formula is C30H50O. The minimum atomic E-state index is 0.864. The van der Waals surface area contributed by atoms with E-state index in [0.29, 0.717) is 0 Å². The van der Waals surface area contributed by atoms with E-state index in [-0.39, 0.29) is 0 Å². The average molecular weight is 427 g/mol. The van der Waals surface area contributed by atoms with Crippen LogP contribution in [-0.2, 0) is 6.42 Å². The quantitative estimate of drug-likeness (QED) is 0.285. The summed E-state index contributed by atoms with van der Waals surface area (Å²) in [7, 11) is 0. The molecule has 2 fully saturated rings. The van der Waals surface area contributed by atoms with E-state index < -0.39 is 0 Å². The summed E-state index contributed by atoms with van der Waals surface area (Å²) in [6.07, 6.45) is 24.2. The number of benzene rings is 1. The predicted octanol–water partition coefficient (Wildman–Crippen LogP) is 9.38. The zero-order chi connectivity index (χ0) is 21.7. The molecule has 0 spiro atoms. The van der Waals surface area contributed by atoms with Crippen LogP contribution in [0, 0.1) is 23.7 Å². The summed E-state index contributed by atoms with van der Waals surface area (Å²) in [5, 5.41) is 0. The zero-order valence-electron chi connectivity index (χ0n) is 20.8. The lowest BCUT2D eigenvalue weighted by Gasteiger charge is -2.38. The lowest BCUT2D eigenvalue weighted by Crippen LogP contribution is -2.26. The molecule has 1 aromatic rings. The van der Waals surface area contributed by atoms with Gasteiger partial charge < -0.3 is 4.74 Å². The first-order valence-corrected chi connectivity index (χ1v) is 14.0. The Morgan fingerprint density at radius 1 is 0.645 bits per heavy atom. The molecule has 0 saturated heterocycles. The maximum absolute atomic E-state index is 5.90. The van der Waals surface area contributed by atoms with Gasteiger partial charge in [0.15, 0.2) is 0 Å². The second-order valence-corrected chi connectivity index (χ2v) is 10.8. The summed E-state index contributed by atoms with van der Waals surface area (Å²) < 4.78 is 5.90. The molecule has 0 aromatic heterocycles. The first-order valence-electron chi connectivity index (χ1n) is 14.0. The molecule has 1 heteroatoms. The van der Waals surface area contributed by atoms with Gasteiger partial charge in [-0.15, -0.1) is 0 Å². The van der Waals surface area contributed by atoms with Crippen molar-refractivity contribution in [1.29, 1.82) is 0 Å². The van der Waals surface area contributed by atoms with Crippen LogP contribution in [0.25, 0.3) is 0 Å². The summed E-state index contributed by atoms with van der Waals surface area (Å²) in [5.74, 6) is 5.19. The zero-order valence-corrected chi connectivity index (χ0v) is 20.8. The van der Waals surface area contributed by atoms with Gasteiger partial charge in [0.2, 0.25) is 0 Å². The SMILES string of the molecule is CCCCCCOc1ccc(CC[C@H]2CC[C@H]([C@H]3CC[C@H](CCCC)CC3)CC2)cc1. The first kappa shape index (κ1) is 24.7. The Hall–Kier alpha value is -0.980. The molecule has 176 valence electrons. The molecule has 1 nitrogen and oxygen atoms in total. The molecule has 2 aliphatic carbocycles. The van der Waals surface area contributed by atoms with Crippen molar-refractivity contribution in [2.45, 2.75) is 123 Å². The van der Waals surface area contributed by atoms with E-state index in [1.54, 1.807) is 0 Å². The van der Waals surface area contributed by atoms with E-state index in [4.69, 9.17) is 4.74 Å². The summed E-state index contributed by atoms with van der Waals surface area (Å²) in [6.45, 7) is 5.46. The molecule has 0 aliphatic heterocycles. The molecule has 2 aliphatic rings. The summed E-state index contributed by atoms with van der Waals surface area (Å²) in [4.78, 5) is 0. The highest BCUT2D eigenvalue weighted by atomic mass is 16.5. The third-order valence-corrected chi connectivity index (χ3v) is 8.45. The van der Waals surface area contributed by atoms with Crippen LogP contribution in [0.1, 0.15) is 122 Å². The van der Waals surface area contributed by atoms with Gasteiger partial charge in [-0.3, -0.25) is 0 Å². The van der Waals surface area contributed by atoms with Crippen molar-refractivity contribution in [3.8, 4) is 5.75 Å². The molecule has 0 heterocycles. The summed E-state index contributed by atoms with van der Waals surface area (Å²) in [6, 6.07) is 8.96. The minimum absolute atomic E-state index is 0.864. The largest absolute Gasteiger partial charge is 0.494 e. The van der Waals surface area contributed by atoms with E-state index in [0.717, 1.165) is 36.0 Å². The number of hydrogen-bond acceptors (Lipinski definition) is 1. The number of rotatable bonds is 13. The van der Waals surface area contributed by atoms with Crippen molar-refractivity contribution >= 4 is 0 Å². The Balaban J connectivity index is 1.28. The Morgan fingerprint density at radius 3 is 1.81 bits per heavy atom. The molecule has 0 amide bonds. The van der Waals surface area contributed by atoms with Gasteiger partial charge >= 0.3 is 0 Å². The molecule has 2 saturated carbocycles. The lowest BCUT2D eigenvalue weighted by atomic mass is 9.68. The molecule has 1 aromatic carbocycles. The fourth-order valence-corrected chi connectivity index (χ4v) is 6.23. The van der Waals surface area contributed by atoms with Crippen LogP contribution in [-0.4, -0.2) is 6.61 Å². The van der Waals surface area contributed by atoms with Crippen LogP contribution < -0.4 is 4.74 Å². The van der Waals surface area contributed by atoms with Gasteiger partial charge in [0.05, 0.1) is 6.61 Å². The normalized spacial score (nSPS) is 26.6. The second-order valence-electron chi connectivity index (χ2n) is 10.8. The number of aryl methyl sites for hydroxylation is 1. The van der Waals surface area contributed by atoms with Crippen LogP contribution >= 0.6 is 0 Å². The highest BCUT2D eigenvalue weighted by molar-refractivity contribution is 5.27. The molecule has 0 radical (unpaired) electrons. The Labute approximate surface area is 193 Å². The molecule has 0 N–H and O–H groups in total. The number of hydrogen-bond donors (Lipinski definition) is 0. The van der Waals surface area contributed by atoms with Gasteiger partial charge in [-0.1, -0.05) is 90.2 Å². The van der Waals surface area contributed by atoms with Crippen molar-refractivity contribution < 1.29 is 4.74 Å². The molecule has 0 unspecified atom stereocenters. The third kappa shape index (κ3) is 8.82. The molecular weight excluding hydrogens is 376 g/mol.